The van der Waals surface area contributed by atoms with Crippen molar-refractivity contribution in [1.29, 1.82) is 0 Å². The van der Waals surface area contributed by atoms with Gasteiger partial charge in [-0.1, -0.05) is 18.1 Å². The minimum absolute atomic E-state index is 0. The molecule has 1 rings (SSSR count). The Morgan fingerprint density at radius 1 is 1.05 bits per heavy atom. The zero-order valence-electron chi connectivity index (χ0n) is 13.2. The summed E-state index contributed by atoms with van der Waals surface area (Å²) in [6, 6.07) is 6.37. The van der Waals surface area contributed by atoms with E-state index >= 15 is 0 Å². The second kappa shape index (κ2) is 12.3. The Balaban J connectivity index is 0. The first kappa shape index (κ1) is 21.8. The van der Waals surface area contributed by atoms with Gasteiger partial charge in [0.1, 0.15) is 11.9 Å². The highest BCUT2D eigenvalue weighted by Gasteiger charge is 2.09. The van der Waals surface area contributed by atoms with Crippen LogP contribution in [0, 0.1) is 41.5 Å². The molecule has 0 bridgehead atoms. The van der Waals surface area contributed by atoms with Crippen molar-refractivity contribution in [3.63, 3.8) is 0 Å². The normalized spacial score (nSPS) is 8.23. The summed E-state index contributed by atoms with van der Waals surface area (Å²) in [6.07, 6.45) is 1.64. The van der Waals surface area contributed by atoms with Crippen LogP contribution < -0.4 is 0 Å². The van der Waals surface area contributed by atoms with Gasteiger partial charge < -0.3 is 9.84 Å². The van der Waals surface area contributed by atoms with E-state index in [0.717, 1.165) is 5.56 Å². The summed E-state index contributed by atoms with van der Waals surface area (Å²) in [5.74, 6) is 11.6. The van der Waals surface area contributed by atoms with E-state index < -0.39 is 0 Å². The van der Waals surface area contributed by atoms with Crippen LogP contribution in [-0.2, 0) is 11.3 Å². The molecule has 0 heterocycles. The van der Waals surface area contributed by atoms with Crippen LogP contribution in [0.1, 0.15) is 33.3 Å². The molecule has 0 atom stereocenters. The van der Waals surface area contributed by atoms with Gasteiger partial charge in [0.15, 0.2) is 0 Å². The van der Waals surface area contributed by atoms with Gasteiger partial charge in [0.25, 0.3) is 0 Å². The Kier molecular flexibility index (Phi) is 12.2. The van der Waals surface area contributed by atoms with E-state index in [0.29, 0.717) is 6.61 Å². The molecule has 1 N–H and O–H groups in total. The summed E-state index contributed by atoms with van der Waals surface area (Å²) in [6.45, 7) is 8.20. The van der Waals surface area contributed by atoms with Crippen molar-refractivity contribution in [2.75, 3.05) is 0 Å². The number of rotatable bonds is 2. The number of benzene rings is 1. The van der Waals surface area contributed by atoms with E-state index in [4.69, 9.17) is 9.84 Å². The maximum atomic E-state index is 12.5. The van der Waals surface area contributed by atoms with Crippen LogP contribution in [0.3, 0.4) is 0 Å². The van der Waals surface area contributed by atoms with Crippen LogP contribution >= 0.6 is 0 Å². The van der Waals surface area contributed by atoms with E-state index in [1.54, 1.807) is 25.2 Å². The molecule has 0 saturated carbocycles. The number of aliphatic hydroxyl groups excluding tert-OH is 1. The third kappa shape index (κ3) is 13.9. The van der Waals surface area contributed by atoms with Crippen molar-refractivity contribution in [2.24, 2.45) is 0 Å². The lowest BCUT2D eigenvalue weighted by Gasteiger charge is -2.19. The number of hydrogen-bond acceptors (Lipinski definition) is 2. The summed E-state index contributed by atoms with van der Waals surface area (Å²) in [4.78, 5) is 0. The molecule has 0 radical (unpaired) electrons. The van der Waals surface area contributed by atoms with Gasteiger partial charge in [0.05, 0.1) is 12.2 Å². The highest BCUT2D eigenvalue weighted by Crippen LogP contribution is 2.11. The second-order valence-corrected chi connectivity index (χ2v) is 4.89. The van der Waals surface area contributed by atoms with Crippen LogP contribution in [-0.4, -0.2) is 10.7 Å². The molecule has 1 aromatic rings. The summed E-state index contributed by atoms with van der Waals surface area (Å²) >= 11 is 0. The van der Waals surface area contributed by atoms with Crippen LogP contribution in [0.25, 0.3) is 0 Å². The molecule has 118 valence electrons. The van der Waals surface area contributed by atoms with Crippen molar-refractivity contribution in [1.82, 2.24) is 0 Å². The largest absolute Gasteiger partial charge is 0.461 e. The van der Waals surface area contributed by atoms with Gasteiger partial charge in [-0.15, -0.1) is 0 Å². The molecule has 0 unspecified atom stereocenters. The van der Waals surface area contributed by atoms with E-state index in [1.807, 2.05) is 20.8 Å². The minimum atomic E-state index is -0.209. The Morgan fingerprint density at radius 3 is 2.05 bits per heavy atom. The fourth-order valence-electron chi connectivity index (χ4n) is 1.03. The van der Waals surface area contributed by atoms with Gasteiger partial charge in [-0.3, -0.25) is 4.70 Å². The molecule has 4 heteroatoms. The van der Waals surface area contributed by atoms with E-state index in [-0.39, 0.29) is 16.1 Å². The molecule has 0 aliphatic heterocycles. The number of hydrogen-bond donors (Lipinski definition) is 1. The molecule has 0 aliphatic carbocycles. The predicted octanol–water partition coefficient (Wildman–Crippen LogP) is 3.64. The predicted molar refractivity (Wildman–Crippen MR) is 84.4 cm³/mol. The Bertz CT molecular complexity index is 571. The second-order valence-electron chi connectivity index (χ2n) is 4.89. The molecule has 0 amide bonds. The Labute approximate surface area is 131 Å². The maximum Gasteiger partial charge on any atom is 0.123 e. The third-order valence-electron chi connectivity index (χ3n) is 1.95. The summed E-state index contributed by atoms with van der Waals surface area (Å²) in [5, 5.41) is 7.85. The molecule has 1 aromatic carbocycles. The first-order valence-electron chi connectivity index (χ1n) is 6.33. The van der Waals surface area contributed by atoms with E-state index in [9.17, 15) is 4.39 Å². The monoisotopic (exact) mass is 306 g/mol. The van der Waals surface area contributed by atoms with Gasteiger partial charge >= 0.3 is 0 Å². The van der Waals surface area contributed by atoms with Crippen LogP contribution in [0.15, 0.2) is 24.3 Å². The quantitative estimate of drug-likeness (QED) is 0.845. The summed E-state index contributed by atoms with van der Waals surface area (Å²) in [5.41, 5.74) is 0.852. The van der Waals surface area contributed by atoms with Crippen molar-refractivity contribution >= 4 is 0 Å². The molecule has 2 nitrogen and oxygen atoms in total. The third-order valence-corrected chi connectivity index (χ3v) is 1.95. The lowest BCUT2D eigenvalue weighted by Crippen LogP contribution is -2.18. The van der Waals surface area contributed by atoms with Crippen LogP contribution in [0.4, 0.5) is 9.09 Å². The standard InChI is InChI=1S/C11H15FO.C7H4O.FH/c1-11(2,3)13-8-9-4-6-10(12)7-5-9;1-2-3-4-5-6-7-8;/h4-7H,8H2,1-3H3;8H,1H3;1H. The van der Waals surface area contributed by atoms with Crippen molar-refractivity contribution < 1.29 is 18.9 Å². The first-order valence-corrected chi connectivity index (χ1v) is 6.33. The maximum absolute atomic E-state index is 12.5. The average molecular weight is 306 g/mol. The van der Waals surface area contributed by atoms with Gasteiger partial charge in [-0.25, -0.2) is 4.39 Å². The molecule has 0 saturated heterocycles. The molecule has 0 spiro atoms. The zero-order chi connectivity index (χ0) is 16.1. The molecular weight excluding hydrogens is 286 g/mol. The van der Waals surface area contributed by atoms with Gasteiger partial charge in [0.2, 0.25) is 0 Å². The SMILES string of the molecule is CC#CC#CC#CO.CC(C)(C)OCc1ccc(F)cc1.F. The van der Waals surface area contributed by atoms with Crippen LogP contribution in [0.5, 0.6) is 0 Å². The van der Waals surface area contributed by atoms with Crippen molar-refractivity contribution in [3.05, 3.63) is 35.6 Å². The summed E-state index contributed by atoms with van der Waals surface area (Å²) < 4.78 is 18.1. The van der Waals surface area contributed by atoms with Gasteiger partial charge in [-0.2, -0.15) is 0 Å². The van der Waals surface area contributed by atoms with Crippen molar-refractivity contribution in [2.45, 2.75) is 39.9 Å². The Morgan fingerprint density at radius 2 is 1.59 bits per heavy atom. The number of ether oxygens (including phenoxy) is 1. The lowest BCUT2D eigenvalue weighted by atomic mass is 10.2. The van der Waals surface area contributed by atoms with Crippen LogP contribution in [0.2, 0.25) is 0 Å². The minimum Gasteiger partial charge on any atom is -0.461 e. The Hall–Kier alpha value is -2.48. The summed E-state index contributed by atoms with van der Waals surface area (Å²) in [7, 11) is 0. The molecule has 0 fully saturated rings. The number of halogens is 2. The smallest absolute Gasteiger partial charge is 0.123 e. The highest BCUT2D eigenvalue weighted by atomic mass is 19.1. The highest BCUT2D eigenvalue weighted by molar-refractivity contribution is 5.34. The molecule has 0 aliphatic rings. The fourth-order valence-corrected chi connectivity index (χ4v) is 1.03. The number of aliphatic hydroxyl groups is 1. The van der Waals surface area contributed by atoms with Gasteiger partial charge in [-0.05, 0) is 57.2 Å². The van der Waals surface area contributed by atoms with E-state index in [2.05, 4.69) is 29.6 Å². The molecular formula is C18H20F2O2. The van der Waals surface area contributed by atoms with Gasteiger partial charge in [0, 0.05) is 11.8 Å². The zero-order valence-corrected chi connectivity index (χ0v) is 13.2. The molecule has 22 heavy (non-hydrogen) atoms. The van der Waals surface area contributed by atoms with E-state index in [1.165, 1.54) is 12.1 Å². The fraction of sp³-hybridized carbons (Fsp3) is 0.333. The van der Waals surface area contributed by atoms with Crippen molar-refractivity contribution in [3.8, 4) is 35.7 Å². The molecule has 0 aromatic heterocycles. The topological polar surface area (TPSA) is 29.5 Å². The lowest BCUT2D eigenvalue weighted by molar-refractivity contribution is -0.0149. The average Bonchev–Trinajstić information content (AvgIpc) is 2.43. The first-order chi connectivity index (χ1) is 9.89.